The van der Waals surface area contributed by atoms with E-state index in [1.807, 2.05) is 0 Å². The third kappa shape index (κ3) is 8.66. The van der Waals surface area contributed by atoms with Crippen molar-refractivity contribution in [3.05, 3.63) is 0 Å². The van der Waals surface area contributed by atoms with E-state index in [-0.39, 0.29) is 23.9 Å². The Kier molecular flexibility index (Phi) is 12.6. The topological polar surface area (TPSA) is 63.4 Å². The molecule has 152 valence electrons. The minimum absolute atomic E-state index is 0.0161. The van der Waals surface area contributed by atoms with Gasteiger partial charge in [-0.05, 0) is 25.7 Å². The molecule has 0 spiro atoms. The summed E-state index contributed by atoms with van der Waals surface area (Å²) in [7, 11) is 0. The van der Waals surface area contributed by atoms with Crippen LogP contribution in [-0.2, 0) is 9.59 Å². The van der Waals surface area contributed by atoms with Gasteiger partial charge in [0.1, 0.15) is 0 Å². The lowest BCUT2D eigenvalue weighted by molar-refractivity contribution is -0.149. The molecule has 4 heteroatoms. The van der Waals surface area contributed by atoms with E-state index < -0.39 is 0 Å². The number of carbonyl (C=O) groups is 2. The molecular formula is C22H42N2O2. The summed E-state index contributed by atoms with van der Waals surface area (Å²) in [6, 6.07) is -0.119. The minimum Gasteiger partial charge on any atom is -0.326 e. The van der Waals surface area contributed by atoms with Gasteiger partial charge in [-0.25, -0.2) is 0 Å². The Hall–Kier alpha value is -0.900. The minimum atomic E-state index is -0.0740. The summed E-state index contributed by atoms with van der Waals surface area (Å²) < 4.78 is 0. The quantitative estimate of drug-likeness (QED) is 0.448. The highest BCUT2D eigenvalue weighted by molar-refractivity contribution is 5.95. The molecule has 1 rings (SSSR count). The summed E-state index contributed by atoms with van der Waals surface area (Å²) >= 11 is 0. The van der Waals surface area contributed by atoms with Gasteiger partial charge in [0, 0.05) is 18.9 Å². The Balaban J connectivity index is 2.57. The zero-order valence-electron chi connectivity index (χ0n) is 17.3. The lowest BCUT2D eigenvalue weighted by atomic mass is 9.89. The first kappa shape index (κ1) is 23.1. The fraction of sp³-hybridized carbons (Fsp3) is 0.909. The van der Waals surface area contributed by atoms with Crippen molar-refractivity contribution in [2.45, 2.75) is 129 Å². The van der Waals surface area contributed by atoms with Crippen molar-refractivity contribution in [2.75, 3.05) is 0 Å². The molecule has 0 saturated heterocycles. The number of hydrogen-bond acceptors (Lipinski definition) is 3. The predicted molar refractivity (Wildman–Crippen MR) is 109 cm³/mol. The lowest BCUT2D eigenvalue weighted by Gasteiger charge is -2.37. The molecule has 2 N–H and O–H groups in total. The highest BCUT2D eigenvalue weighted by Crippen LogP contribution is 2.24. The number of hydrogen-bond donors (Lipinski definition) is 1. The first-order valence-electron chi connectivity index (χ1n) is 11.2. The molecule has 0 aliphatic heterocycles. The van der Waals surface area contributed by atoms with Crippen molar-refractivity contribution in [3.8, 4) is 0 Å². The maximum atomic E-state index is 12.8. The summed E-state index contributed by atoms with van der Waals surface area (Å²) in [4.78, 5) is 27.3. The number of imide groups is 1. The van der Waals surface area contributed by atoms with Gasteiger partial charge in [0.2, 0.25) is 11.8 Å². The fourth-order valence-corrected chi connectivity index (χ4v) is 3.97. The maximum absolute atomic E-state index is 12.8. The highest BCUT2D eigenvalue weighted by Gasteiger charge is 2.34. The molecule has 2 amide bonds. The van der Waals surface area contributed by atoms with Gasteiger partial charge < -0.3 is 5.73 Å². The normalized spacial score (nSPS) is 20.1. The van der Waals surface area contributed by atoms with Gasteiger partial charge in [-0.2, -0.15) is 0 Å². The summed E-state index contributed by atoms with van der Waals surface area (Å²) in [5, 5.41) is 0. The molecule has 1 aliphatic rings. The highest BCUT2D eigenvalue weighted by atomic mass is 16.2. The average Bonchev–Trinajstić information content (AvgIpc) is 2.63. The van der Waals surface area contributed by atoms with E-state index in [1.54, 1.807) is 4.90 Å². The van der Waals surface area contributed by atoms with Gasteiger partial charge in [-0.3, -0.25) is 14.5 Å². The SMILES string of the molecule is CCCCCCCC(=O)N(C(=O)CCCCCCC)C1CCCCC1N. The molecule has 2 unspecified atom stereocenters. The van der Waals surface area contributed by atoms with Crippen LogP contribution in [0.5, 0.6) is 0 Å². The first-order valence-corrected chi connectivity index (χ1v) is 11.2. The molecule has 0 bridgehead atoms. The molecule has 26 heavy (non-hydrogen) atoms. The standard InChI is InChI=1S/C22H42N2O2/c1-3-5-7-9-11-17-21(25)24(20-16-14-13-15-19(20)23)22(26)18-12-10-8-6-4-2/h19-20H,3-18,23H2,1-2H3. The summed E-state index contributed by atoms with van der Waals surface area (Å²) in [6.45, 7) is 4.38. The summed E-state index contributed by atoms with van der Waals surface area (Å²) in [6.07, 6.45) is 16.1. The number of nitrogens with two attached hydrogens (primary N) is 1. The van der Waals surface area contributed by atoms with E-state index in [2.05, 4.69) is 13.8 Å². The number of rotatable bonds is 13. The molecule has 0 aromatic carbocycles. The van der Waals surface area contributed by atoms with Gasteiger partial charge >= 0.3 is 0 Å². The van der Waals surface area contributed by atoms with E-state index in [1.165, 1.54) is 38.5 Å². The van der Waals surface area contributed by atoms with E-state index in [9.17, 15) is 9.59 Å². The number of nitrogens with zero attached hydrogens (tertiary/aromatic N) is 1. The van der Waals surface area contributed by atoms with Crippen molar-refractivity contribution < 1.29 is 9.59 Å². The molecule has 2 atom stereocenters. The molecule has 1 fully saturated rings. The van der Waals surface area contributed by atoms with Crippen molar-refractivity contribution in [1.82, 2.24) is 4.90 Å². The molecule has 1 aliphatic carbocycles. The monoisotopic (exact) mass is 366 g/mol. The van der Waals surface area contributed by atoms with Crippen LogP contribution < -0.4 is 5.73 Å². The van der Waals surface area contributed by atoms with Crippen molar-refractivity contribution in [1.29, 1.82) is 0 Å². The van der Waals surface area contributed by atoms with Gasteiger partial charge in [0.15, 0.2) is 0 Å². The second-order valence-electron chi connectivity index (χ2n) is 8.00. The van der Waals surface area contributed by atoms with E-state index >= 15 is 0 Å². The predicted octanol–water partition coefficient (Wildman–Crippen LogP) is 5.33. The summed E-state index contributed by atoms with van der Waals surface area (Å²) in [5.74, 6) is 0.0322. The van der Waals surface area contributed by atoms with Crippen LogP contribution in [0.2, 0.25) is 0 Å². The Morgan fingerprint density at radius 3 is 1.69 bits per heavy atom. The Bertz CT molecular complexity index is 372. The van der Waals surface area contributed by atoms with Gasteiger partial charge in [-0.1, -0.05) is 78.1 Å². The zero-order valence-corrected chi connectivity index (χ0v) is 17.3. The average molecular weight is 367 g/mol. The Morgan fingerprint density at radius 2 is 1.23 bits per heavy atom. The van der Waals surface area contributed by atoms with E-state index in [0.29, 0.717) is 12.8 Å². The van der Waals surface area contributed by atoms with Gasteiger partial charge in [0.05, 0.1) is 6.04 Å². The molecule has 0 heterocycles. The van der Waals surface area contributed by atoms with Crippen molar-refractivity contribution >= 4 is 11.8 Å². The van der Waals surface area contributed by atoms with Crippen LogP contribution in [0.3, 0.4) is 0 Å². The van der Waals surface area contributed by atoms with Crippen molar-refractivity contribution in [3.63, 3.8) is 0 Å². The van der Waals surface area contributed by atoms with Crippen LogP contribution in [0, 0.1) is 0 Å². The number of carbonyl (C=O) groups excluding carboxylic acids is 2. The zero-order chi connectivity index (χ0) is 19.2. The van der Waals surface area contributed by atoms with Crippen LogP contribution >= 0.6 is 0 Å². The van der Waals surface area contributed by atoms with Crippen LogP contribution in [-0.4, -0.2) is 28.8 Å². The molecule has 0 aromatic heterocycles. The molecule has 0 aromatic rings. The van der Waals surface area contributed by atoms with Crippen LogP contribution in [0.4, 0.5) is 0 Å². The third-order valence-electron chi connectivity index (χ3n) is 5.64. The van der Waals surface area contributed by atoms with Gasteiger partial charge in [-0.15, -0.1) is 0 Å². The fourth-order valence-electron chi connectivity index (χ4n) is 3.97. The van der Waals surface area contributed by atoms with E-state index in [0.717, 1.165) is 51.4 Å². The molecule has 1 saturated carbocycles. The van der Waals surface area contributed by atoms with Crippen LogP contribution in [0.25, 0.3) is 0 Å². The third-order valence-corrected chi connectivity index (χ3v) is 5.64. The lowest BCUT2D eigenvalue weighted by Crippen LogP contribution is -2.54. The largest absolute Gasteiger partial charge is 0.326 e. The van der Waals surface area contributed by atoms with Crippen molar-refractivity contribution in [2.24, 2.45) is 5.73 Å². The van der Waals surface area contributed by atoms with E-state index in [4.69, 9.17) is 5.73 Å². The molecular weight excluding hydrogens is 324 g/mol. The Morgan fingerprint density at radius 1 is 0.769 bits per heavy atom. The Labute approximate surface area is 161 Å². The molecule has 0 radical (unpaired) electrons. The van der Waals surface area contributed by atoms with Gasteiger partial charge in [0.25, 0.3) is 0 Å². The maximum Gasteiger partial charge on any atom is 0.229 e. The molecule has 4 nitrogen and oxygen atoms in total. The van der Waals surface area contributed by atoms with Crippen LogP contribution in [0.1, 0.15) is 117 Å². The second kappa shape index (κ2) is 14.2. The second-order valence-corrected chi connectivity index (χ2v) is 8.00. The number of unbranched alkanes of at least 4 members (excludes halogenated alkanes) is 8. The first-order chi connectivity index (χ1) is 12.6. The summed E-state index contributed by atoms with van der Waals surface area (Å²) in [5.41, 5.74) is 6.30. The van der Waals surface area contributed by atoms with Crippen LogP contribution in [0.15, 0.2) is 0 Å². The smallest absolute Gasteiger partial charge is 0.229 e. The number of amides is 2.